The van der Waals surface area contributed by atoms with Crippen LogP contribution in [-0.4, -0.2) is 20.1 Å². The zero-order valence-corrected chi connectivity index (χ0v) is 15.9. The minimum Gasteiger partial charge on any atom is -0.493 e. The van der Waals surface area contributed by atoms with Crippen molar-refractivity contribution in [2.45, 2.75) is 19.8 Å². The Balaban J connectivity index is 2.09. The van der Waals surface area contributed by atoms with Gasteiger partial charge in [0.25, 0.3) is 5.91 Å². The van der Waals surface area contributed by atoms with E-state index in [1.165, 1.54) is 18.9 Å². The highest BCUT2D eigenvalue weighted by molar-refractivity contribution is 6.06. The first-order chi connectivity index (χ1) is 13.0. The molecule has 1 amide bonds. The molecule has 140 valence electrons. The van der Waals surface area contributed by atoms with Crippen LogP contribution < -0.4 is 20.1 Å². The van der Waals surface area contributed by atoms with E-state index >= 15 is 0 Å². The smallest absolute Gasteiger partial charge is 0.267 e. The van der Waals surface area contributed by atoms with Crippen molar-refractivity contribution < 1.29 is 14.3 Å². The zero-order chi connectivity index (χ0) is 19.8. The third-order valence-electron chi connectivity index (χ3n) is 3.97. The van der Waals surface area contributed by atoms with Gasteiger partial charge in [0, 0.05) is 23.6 Å². The van der Waals surface area contributed by atoms with Gasteiger partial charge in [0.15, 0.2) is 11.5 Å². The molecule has 0 aliphatic carbocycles. The number of hydrogen-bond donors (Lipinski definition) is 2. The molecule has 2 rings (SSSR count). The molecule has 0 aromatic heterocycles. The van der Waals surface area contributed by atoms with Crippen LogP contribution in [0, 0.1) is 11.3 Å². The molecule has 0 aliphatic heterocycles. The Bertz CT molecular complexity index is 865. The van der Waals surface area contributed by atoms with Crippen LogP contribution in [0.4, 0.5) is 11.4 Å². The quantitative estimate of drug-likeness (QED) is 0.565. The Hall–Kier alpha value is -3.46. The summed E-state index contributed by atoms with van der Waals surface area (Å²) in [7, 11) is 3.09. The van der Waals surface area contributed by atoms with Crippen molar-refractivity contribution in [3.05, 3.63) is 59.8 Å². The van der Waals surface area contributed by atoms with Crippen molar-refractivity contribution in [3.63, 3.8) is 0 Å². The molecule has 2 aromatic carbocycles. The second-order valence-corrected chi connectivity index (χ2v) is 6.11. The van der Waals surface area contributed by atoms with Crippen LogP contribution in [-0.2, 0) is 4.79 Å². The van der Waals surface area contributed by atoms with Crippen LogP contribution in [0.3, 0.4) is 0 Å². The number of methoxy groups -OCH3 is 2. The number of amides is 1. The van der Waals surface area contributed by atoms with E-state index in [2.05, 4.69) is 24.5 Å². The van der Waals surface area contributed by atoms with Gasteiger partial charge in [-0.1, -0.05) is 26.0 Å². The van der Waals surface area contributed by atoms with Gasteiger partial charge in [-0.3, -0.25) is 4.79 Å². The van der Waals surface area contributed by atoms with Gasteiger partial charge < -0.3 is 20.1 Å². The lowest BCUT2D eigenvalue weighted by Gasteiger charge is -2.10. The lowest BCUT2D eigenvalue weighted by molar-refractivity contribution is -0.112. The molecule has 2 N–H and O–H groups in total. The molecule has 0 unspecified atom stereocenters. The predicted molar refractivity (Wildman–Crippen MR) is 106 cm³/mol. The number of carbonyl (C=O) groups is 1. The largest absolute Gasteiger partial charge is 0.493 e. The molecule has 6 nitrogen and oxygen atoms in total. The van der Waals surface area contributed by atoms with Crippen LogP contribution in [0.15, 0.2) is 54.2 Å². The summed E-state index contributed by atoms with van der Waals surface area (Å²) in [5.41, 5.74) is 2.43. The highest BCUT2D eigenvalue weighted by atomic mass is 16.5. The van der Waals surface area contributed by atoms with E-state index in [1.54, 1.807) is 25.3 Å². The third-order valence-corrected chi connectivity index (χ3v) is 3.97. The van der Waals surface area contributed by atoms with Crippen molar-refractivity contribution in [1.29, 1.82) is 5.26 Å². The Morgan fingerprint density at radius 2 is 1.67 bits per heavy atom. The molecule has 0 fully saturated rings. The third kappa shape index (κ3) is 5.25. The van der Waals surface area contributed by atoms with E-state index < -0.39 is 5.91 Å². The number of rotatable bonds is 7. The molecule has 0 spiro atoms. The summed E-state index contributed by atoms with van der Waals surface area (Å²) in [5, 5.41) is 14.9. The fourth-order valence-corrected chi connectivity index (χ4v) is 2.38. The average molecular weight is 365 g/mol. The van der Waals surface area contributed by atoms with Crippen molar-refractivity contribution >= 4 is 17.3 Å². The second kappa shape index (κ2) is 9.30. The Morgan fingerprint density at radius 1 is 1.04 bits per heavy atom. The van der Waals surface area contributed by atoms with Gasteiger partial charge in [0.1, 0.15) is 11.6 Å². The fourth-order valence-electron chi connectivity index (χ4n) is 2.38. The van der Waals surface area contributed by atoms with Crippen LogP contribution in [0.1, 0.15) is 25.3 Å². The predicted octanol–water partition coefficient (Wildman–Crippen LogP) is 4.29. The number of benzene rings is 2. The number of nitrogens with one attached hydrogen (secondary N) is 2. The van der Waals surface area contributed by atoms with E-state index in [1.807, 2.05) is 30.3 Å². The molecule has 6 heteroatoms. The van der Waals surface area contributed by atoms with Gasteiger partial charge in [0.2, 0.25) is 0 Å². The summed E-state index contributed by atoms with van der Waals surface area (Å²) in [6.45, 7) is 4.20. The maximum absolute atomic E-state index is 12.3. The minimum atomic E-state index is -0.484. The molecule has 0 bridgehead atoms. The van der Waals surface area contributed by atoms with Crippen LogP contribution in [0.2, 0.25) is 0 Å². The van der Waals surface area contributed by atoms with Crippen molar-refractivity contribution in [1.82, 2.24) is 0 Å². The monoisotopic (exact) mass is 365 g/mol. The summed E-state index contributed by atoms with van der Waals surface area (Å²) >= 11 is 0. The van der Waals surface area contributed by atoms with Gasteiger partial charge in [-0.05, 0) is 35.7 Å². The van der Waals surface area contributed by atoms with E-state index in [0.29, 0.717) is 28.8 Å². The molecule has 27 heavy (non-hydrogen) atoms. The summed E-state index contributed by atoms with van der Waals surface area (Å²) in [6, 6.07) is 14.7. The molecule has 0 aliphatic rings. The van der Waals surface area contributed by atoms with Gasteiger partial charge in [-0.2, -0.15) is 5.26 Å². The van der Waals surface area contributed by atoms with Crippen LogP contribution >= 0.6 is 0 Å². The molecule has 0 saturated carbocycles. The summed E-state index contributed by atoms with van der Waals surface area (Å²) in [6.07, 6.45) is 1.36. The van der Waals surface area contributed by atoms with Crippen molar-refractivity contribution in [2.24, 2.45) is 0 Å². The maximum atomic E-state index is 12.3. The van der Waals surface area contributed by atoms with Crippen LogP contribution in [0.25, 0.3) is 0 Å². The Morgan fingerprint density at radius 3 is 2.22 bits per heavy atom. The van der Waals surface area contributed by atoms with E-state index in [0.717, 1.165) is 0 Å². The van der Waals surface area contributed by atoms with Crippen LogP contribution in [0.5, 0.6) is 11.5 Å². The molecule has 0 radical (unpaired) electrons. The SMILES string of the molecule is COc1ccc(N/C=C(/C#N)C(=O)Nc2ccc(C(C)C)cc2)cc1OC. The summed E-state index contributed by atoms with van der Waals surface area (Å²) in [4.78, 5) is 12.3. The first-order valence-corrected chi connectivity index (χ1v) is 8.48. The number of nitrogens with zero attached hydrogens (tertiary/aromatic N) is 1. The maximum Gasteiger partial charge on any atom is 0.267 e. The van der Waals surface area contributed by atoms with E-state index in [-0.39, 0.29) is 5.57 Å². The topological polar surface area (TPSA) is 83.4 Å². The standard InChI is InChI=1S/C21H23N3O3/c1-14(2)15-5-7-17(8-6-15)24-21(25)16(12-22)13-23-18-9-10-19(26-3)20(11-18)27-4/h5-11,13-14,23H,1-4H3,(H,24,25)/b16-13-. The zero-order valence-electron chi connectivity index (χ0n) is 15.9. The van der Waals surface area contributed by atoms with E-state index in [4.69, 9.17) is 9.47 Å². The van der Waals surface area contributed by atoms with Gasteiger partial charge >= 0.3 is 0 Å². The van der Waals surface area contributed by atoms with Crippen molar-refractivity contribution in [3.8, 4) is 17.6 Å². The number of ether oxygens (including phenoxy) is 2. The molecular weight excluding hydrogens is 342 g/mol. The molecular formula is C21H23N3O3. The summed E-state index contributed by atoms with van der Waals surface area (Å²) < 4.78 is 10.4. The second-order valence-electron chi connectivity index (χ2n) is 6.11. The molecule has 0 heterocycles. The number of hydrogen-bond acceptors (Lipinski definition) is 5. The normalized spacial score (nSPS) is 10.9. The van der Waals surface area contributed by atoms with Gasteiger partial charge in [0.05, 0.1) is 14.2 Å². The first-order valence-electron chi connectivity index (χ1n) is 8.48. The van der Waals surface area contributed by atoms with Gasteiger partial charge in [-0.25, -0.2) is 0 Å². The van der Waals surface area contributed by atoms with E-state index in [9.17, 15) is 10.1 Å². The Kier molecular flexibility index (Phi) is 6.84. The fraction of sp³-hybridized carbons (Fsp3) is 0.238. The number of anilines is 2. The number of carbonyl (C=O) groups excluding carboxylic acids is 1. The average Bonchev–Trinajstić information content (AvgIpc) is 2.68. The highest BCUT2D eigenvalue weighted by Crippen LogP contribution is 2.29. The van der Waals surface area contributed by atoms with Crippen molar-refractivity contribution in [2.75, 3.05) is 24.9 Å². The highest BCUT2D eigenvalue weighted by Gasteiger charge is 2.10. The first kappa shape index (κ1) is 19.9. The Labute approximate surface area is 159 Å². The lowest BCUT2D eigenvalue weighted by atomic mass is 10.0. The van der Waals surface area contributed by atoms with Gasteiger partial charge in [-0.15, -0.1) is 0 Å². The lowest BCUT2D eigenvalue weighted by Crippen LogP contribution is -2.14. The number of nitriles is 1. The molecule has 2 aromatic rings. The minimum absolute atomic E-state index is 0.0438. The summed E-state index contributed by atoms with van der Waals surface area (Å²) in [5.74, 6) is 1.07. The molecule has 0 atom stereocenters. The molecule has 0 saturated heterocycles.